The van der Waals surface area contributed by atoms with Crippen molar-refractivity contribution in [2.24, 2.45) is 0 Å². The zero-order valence-electron chi connectivity index (χ0n) is 15.6. The fraction of sp³-hybridized carbons (Fsp3) is 0.450. The number of allylic oxidation sites excluding steroid dienone is 2. The van der Waals surface area contributed by atoms with Crippen molar-refractivity contribution in [1.82, 2.24) is 10.2 Å². The van der Waals surface area contributed by atoms with Crippen molar-refractivity contribution in [2.45, 2.75) is 39.2 Å². The van der Waals surface area contributed by atoms with Crippen LogP contribution in [0.4, 0.5) is 10.1 Å². The molecular formula is C20H26FN3O2. The van der Waals surface area contributed by atoms with Crippen LogP contribution in [0.5, 0.6) is 0 Å². The number of nitrogens with zero attached hydrogens (tertiary/aromatic N) is 1. The predicted octanol–water partition coefficient (Wildman–Crippen LogP) is 3.12. The van der Waals surface area contributed by atoms with Gasteiger partial charge in [-0.2, -0.15) is 0 Å². The molecule has 3 N–H and O–H groups in total. The molecule has 140 valence electrons. The number of anilines is 1. The number of halogens is 1. The summed E-state index contributed by atoms with van der Waals surface area (Å²) in [7, 11) is 1.71. The van der Waals surface area contributed by atoms with Gasteiger partial charge >= 0.3 is 0 Å². The van der Waals surface area contributed by atoms with Crippen LogP contribution >= 0.6 is 0 Å². The highest BCUT2D eigenvalue weighted by atomic mass is 19.1. The SMILES string of the molecule is CCOC1=C(F)C=C(C(=O)NCc2c(C3CC3)ccc(N)c2C)CN1C. The second-order valence-electron chi connectivity index (χ2n) is 6.92. The lowest BCUT2D eigenvalue weighted by molar-refractivity contribution is -0.118. The summed E-state index contributed by atoms with van der Waals surface area (Å²) in [5.74, 6) is -0.0576. The first-order chi connectivity index (χ1) is 12.4. The van der Waals surface area contributed by atoms with Crippen molar-refractivity contribution in [3.8, 4) is 0 Å². The Balaban J connectivity index is 1.74. The highest BCUT2D eigenvalue weighted by Crippen LogP contribution is 2.43. The molecule has 0 radical (unpaired) electrons. The third-order valence-corrected chi connectivity index (χ3v) is 4.95. The number of nitrogens with two attached hydrogens (primary N) is 1. The van der Waals surface area contributed by atoms with Crippen molar-refractivity contribution in [3.05, 3.63) is 52.2 Å². The third-order valence-electron chi connectivity index (χ3n) is 4.95. The summed E-state index contributed by atoms with van der Waals surface area (Å²) in [4.78, 5) is 14.2. The number of ether oxygens (including phenoxy) is 1. The molecule has 1 heterocycles. The van der Waals surface area contributed by atoms with Gasteiger partial charge in [-0.15, -0.1) is 0 Å². The van der Waals surface area contributed by atoms with Crippen LogP contribution in [0.1, 0.15) is 42.4 Å². The molecule has 6 heteroatoms. The second kappa shape index (κ2) is 7.40. The lowest BCUT2D eigenvalue weighted by Crippen LogP contribution is -2.34. The number of carbonyl (C=O) groups is 1. The van der Waals surface area contributed by atoms with E-state index < -0.39 is 5.83 Å². The molecular weight excluding hydrogens is 333 g/mol. The number of carbonyl (C=O) groups excluding carboxylic acids is 1. The van der Waals surface area contributed by atoms with Crippen molar-refractivity contribution < 1.29 is 13.9 Å². The molecule has 0 unspecified atom stereocenters. The maximum atomic E-state index is 14.2. The van der Waals surface area contributed by atoms with E-state index in [4.69, 9.17) is 10.5 Å². The first-order valence-electron chi connectivity index (χ1n) is 9.02. The summed E-state index contributed by atoms with van der Waals surface area (Å²) in [6.45, 7) is 4.85. The highest BCUT2D eigenvalue weighted by Gasteiger charge is 2.28. The molecule has 1 aliphatic carbocycles. The molecule has 0 bridgehead atoms. The minimum atomic E-state index is -0.524. The Kier molecular flexibility index (Phi) is 5.20. The highest BCUT2D eigenvalue weighted by molar-refractivity contribution is 5.94. The number of amides is 1. The van der Waals surface area contributed by atoms with Gasteiger partial charge in [0.2, 0.25) is 11.8 Å². The standard InChI is InChI=1S/C20H26FN3O2/c1-4-26-20-17(21)9-14(11-24(20)3)19(25)23-10-16-12(2)18(22)8-7-15(16)13-5-6-13/h7-9,13H,4-6,10-11,22H2,1-3H3,(H,23,25). The number of nitrogens with one attached hydrogen (secondary N) is 1. The Hall–Kier alpha value is -2.50. The molecule has 2 aliphatic rings. The van der Waals surface area contributed by atoms with Crippen molar-refractivity contribution in [2.75, 3.05) is 25.9 Å². The second-order valence-corrected chi connectivity index (χ2v) is 6.92. The maximum Gasteiger partial charge on any atom is 0.249 e. The van der Waals surface area contributed by atoms with Gasteiger partial charge in [0, 0.05) is 24.9 Å². The van der Waals surface area contributed by atoms with Crippen molar-refractivity contribution >= 4 is 11.6 Å². The Bertz CT molecular complexity index is 782. The molecule has 0 atom stereocenters. The van der Waals surface area contributed by atoms with Gasteiger partial charge in [-0.1, -0.05) is 6.07 Å². The van der Waals surface area contributed by atoms with Crippen LogP contribution in [0.15, 0.2) is 35.5 Å². The van der Waals surface area contributed by atoms with Crippen molar-refractivity contribution in [1.29, 1.82) is 0 Å². The van der Waals surface area contributed by atoms with Crippen molar-refractivity contribution in [3.63, 3.8) is 0 Å². The number of hydrogen-bond donors (Lipinski definition) is 2. The van der Waals surface area contributed by atoms with Gasteiger partial charge in [0.15, 0.2) is 5.83 Å². The molecule has 3 rings (SSSR count). The third kappa shape index (κ3) is 3.69. The maximum absolute atomic E-state index is 14.2. The van der Waals surface area contributed by atoms with E-state index in [1.165, 1.54) is 24.5 Å². The average Bonchev–Trinajstić information content (AvgIpc) is 3.43. The lowest BCUT2D eigenvalue weighted by atomic mass is 9.97. The molecule has 0 saturated heterocycles. The van der Waals surface area contributed by atoms with E-state index in [2.05, 4.69) is 11.4 Å². The smallest absolute Gasteiger partial charge is 0.249 e. The van der Waals surface area contributed by atoms with Crippen LogP contribution in [0, 0.1) is 6.92 Å². The van der Waals surface area contributed by atoms with Crippen LogP contribution in [-0.2, 0) is 16.1 Å². The van der Waals surface area contributed by atoms with E-state index >= 15 is 0 Å². The molecule has 26 heavy (non-hydrogen) atoms. The van der Waals surface area contributed by atoms with Gasteiger partial charge in [-0.25, -0.2) is 4.39 Å². The summed E-state index contributed by atoms with van der Waals surface area (Å²) in [6.07, 6.45) is 3.61. The molecule has 5 nitrogen and oxygen atoms in total. The minimum Gasteiger partial charge on any atom is -0.477 e. The topological polar surface area (TPSA) is 67.6 Å². The number of hydrogen-bond acceptors (Lipinski definition) is 4. The van der Waals surface area contributed by atoms with Gasteiger partial charge < -0.3 is 20.7 Å². The summed E-state index contributed by atoms with van der Waals surface area (Å²) in [5.41, 5.74) is 10.5. The molecule has 1 aliphatic heterocycles. The first-order valence-corrected chi connectivity index (χ1v) is 9.02. The normalized spacial score (nSPS) is 17.2. The van der Waals surface area contributed by atoms with E-state index in [0.717, 1.165) is 16.8 Å². The summed E-state index contributed by atoms with van der Waals surface area (Å²) < 4.78 is 19.5. The Morgan fingerprint density at radius 1 is 1.42 bits per heavy atom. The van der Waals surface area contributed by atoms with Crippen LogP contribution in [0.2, 0.25) is 0 Å². The quantitative estimate of drug-likeness (QED) is 0.766. The monoisotopic (exact) mass is 359 g/mol. The van der Waals surface area contributed by atoms with Crippen LogP contribution < -0.4 is 11.1 Å². The number of rotatable bonds is 6. The van der Waals surface area contributed by atoms with E-state index in [1.807, 2.05) is 13.0 Å². The van der Waals surface area contributed by atoms with Crippen LogP contribution in [-0.4, -0.2) is 31.0 Å². The van der Waals surface area contributed by atoms with Crippen LogP contribution in [0.25, 0.3) is 0 Å². The van der Waals surface area contributed by atoms with E-state index in [0.29, 0.717) is 31.2 Å². The van der Waals surface area contributed by atoms with Gasteiger partial charge in [-0.05, 0) is 61.4 Å². The minimum absolute atomic E-state index is 0.173. The molecule has 1 aromatic rings. The largest absolute Gasteiger partial charge is 0.477 e. The van der Waals surface area contributed by atoms with Gasteiger partial charge in [0.1, 0.15) is 0 Å². The first kappa shape index (κ1) is 18.3. The van der Waals surface area contributed by atoms with E-state index in [-0.39, 0.29) is 11.8 Å². The van der Waals surface area contributed by atoms with Crippen LogP contribution in [0.3, 0.4) is 0 Å². The molecule has 0 aromatic heterocycles. The fourth-order valence-corrected chi connectivity index (χ4v) is 3.31. The Labute approximate surface area is 153 Å². The summed E-state index contributed by atoms with van der Waals surface area (Å²) in [5, 5.41) is 2.93. The lowest BCUT2D eigenvalue weighted by Gasteiger charge is -2.26. The van der Waals surface area contributed by atoms with Gasteiger partial charge in [0.05, 0.1) is 13.2 Å². The summed E-state index contributed by atoms with van der Waals surface area (Å²) >= 11 is 0. The average molecular weight is 359 g/mol. The Morgan fingerprint density at radius 2 is 2.15 bits per heavy atom. The van der Waals surface area contributed by atoms with Gasteiger partial charge in [-0.3, -0.25) is 4.79 Å². The molecule has 0 spiro atoms. The molecule has 1 fully saturated rings. The molecule has 1 saturated carbocycles. The van der Waals surface area contributed by atoms with E-state index in [9.17, 15) is 9.18 Å². The molecule has 1 aromatic carbocycles. The van der Waals surface area contributed by atoms with Gasteiger partial charge in [0.25, 0.3) is 0 Å². The predicted molar refractivity (Wildman–Crippen MR) is 99.9 cm³/mol. The Morgan fingerprint density at radius 3 is 2.77 bits per heavy atom. The molecule has 1 amide bonds. The number of benzene rings is 1. The zero-order chi connectivity index (χ0) is 18.8. The zero-order valence-corrected chi connectivity index (χ0v) is 15.6. The summed E-state index contributed by atoms with van der Waals surface area (Å²) in [6, 6.07) is 3.99. The number of likely N-dealkylation sites (N-methyl/N-ethyl adjacent to an activating group) is 1. The fourth-order valence-electron chi connectivity index (χ4n) is 3.31. The van der Waals surface area contributed by atoms with E-state index in [1.54, 1.807) is 18.9 Å². The number of nitrogen functional groups attached to an aromatic ring is 1.